The van der Waals surface area contributed by atoms with Crippen LogP contribution >= 0.6 is 15.9 Å². The van der Waals surface area contributed by atoms with E-state index in [9.17, 15) is 9.59 Å². The van der Waals surface area contributed by atoms with E-state index in [1.807, 2.05) is 0 Å². The van der Waals surface area contributed by atoms with Crippen LogP contribution in [0.1, 0.15) is 6.42 Å². The molecule has 0 saturated carbocycles. The minimum absolute atomic E-state index is 0.00132. The summed E-state index contributed by atoms with van der Waals surface area (Å²) >= 11 is 3.31. The van der Waals surface area contributed by atoms with E-state index in [1.165, 1.54) is 4.90 Å². The first-order valence-electron chi connectivity index (χ1n) is 4.10. The number of Topliss-reactive ketones (excluding diaryl/α,β-unsaturated/α-hetero) is 1. The van der Waals surface area contributed by atoms with Crippen LogP contribution in [0.4, 0.5) is 5.69 Å². The summed E-state index contributed by atoms with van der Waals surface area (Å²) in [7, 11) is 0. The summed E-state index contributed by atoms with van der Waals surface area (Å²) < 4.78 is 0.774. The Bertz CT molecular complexity index is 406. The lowest BCUT2D eigenvalue weighted by Crippen LogP contribution is -2.24. The highest BCUT2D eigenvalue weighted by atomic mass is 79.9. The first-order valence-corrected chi connectivity index (χ1v) is 4.89. The molecule has 1 aliphatic rings. The van der Waals surface area contributed by atoms with Crippen molar-refractivity contribution in [2.75, 3.05) is 11.4 Å². The van der Waals surface area contributed by atoms with Crippen LogP contribution in [0.2, 0.25) is 0 Å². The third-order valence-corrected chi connectivity index (χ3v) is 2.69. The molecule has 0 aromatic carbocycles. The van der Waals surface area contributed by atoms with Crippen molar-refractivity contribution < 1.29 is 9.59 Å². The average Bonchev–Trinajstić information content (AvgIpc) is 2.46. The Kier molecular flexibility index (Phi) is 2.33. The summed E-state index contributed by atoms with van der Waals surface area (Å²) in [6.45, 7) is 0.156. The molecule has 2 rings (SSSR count). The molecular weight excluding hydrogens is 248 g/mol. The molecule has 1 aromatic heterocycles. The average molecular weight is 255 g/mol. The maximum atomic E-state index is 11.4. The van der Waals surface area contributed by atoms with Crippen molar-refractivity contribution in [3.8, 4) is 0 Å². The summed E-state index contributed by atoms with van der Waals surface area (Å²) in [5, 5.41) is 0. The van der Waals surface area contributed by atoms with E-state index in [0.717, 1.165) is 4.47 Å². The van der Waals surface area contributed by atoms with E-state index in [-0.39, 0.29) is 24.7 Å². The van der Waals surface area contributed by atoms with Crippen molar-refractivity contribution in [1.29, 1.82) is 0 Å². The van der Waals surface area contributed by atoms with Gasteiger partial charge in [-0.3, -0.25) is 14.6 Å². The van der Waals surface area contributed by atoms with E-state index in [1.54, 1.807) is 18.5 Å². The molecule has 2 heterocycles. The number of carbonyl (C=O) groups is 2. The number of anilines is 1. The molecule has 72 valence electrons. The second-order valence-corrected chi connectivity index (χ2v) is 3.88. The number of pyridine rings is 1. The van der Waals surface area contributed by atoms with Crippen LogP contribution in [0.25, 0.3) is 0 Å². The zero-order valence-corrected chi connectivity index (χ0v) is 8.82. The molecule has 0 N–H and O–H groups in total. The quantitative estimate of drug-likeness (QED) is 0.707. The monoisotopic (exact) mass is 254 g/mol. The van der Waals surface area contributed by atoms with Gasteiger partial charge in [0.15, 0.2) is 5.78 Å². The van der Waals surface area contributed by atoms with E-state index >= 15 is 0 Å². The minimum Gasteiger partial charge on any atom is -0.302 e. The third-order valence-electron chi connectivity index (χ3n) is 2.02. The van der Waals surface area contributed by atoms with Gasteiger partial charge in [-0.05, 0) is 22.0 Å². The lowest BCUT2D eigenvalue weighted by atomic mass is 10.3. The molecule has 1 fully saturated rings. The SMILES string of the molecule is O=C1CC(=O)N(c2cnccc2Br)C1. The summed E-state index contributed by atoms with van der Waals surface area (Å²) in [5.74, 6) is -0.213. The van der Waals surface area contributed by atoms with Crippen molar-refractivity contribution in [2.24, 2.45) is 0 Å². The number of hydrogen-bond acceptors (Lipinski definition) is 3. The number of hydrogen-bond donors (Lipinski definition) is 0. The van der Waals surface area contributed by atoms with Gasteiger partial charge in [0.2, 0.25) is 5.91 Å². The van der Waals surface area contributed by atoms with Gasteiger partial charge in [-0.25, -0.2) is 0 Å². The first kappa shape index (κ1) is 9.33. The molecule has 1 saturated heterocycles. The van der Waals surface area contributed by atoms with Gasteiger partial charge < -0.3 is 4.90 Å². The Balaban J connectivity index is 2.36. The second kappa shape index (κ2) is 3.49. The number of halogens is 1. The lowest BCUT2D eigenvalue weighted by Gasteiger charge is -2.15. The fraction of sp³-hybridized carbons (Fsp3) is 0.222. The van der Waals surface area contributed by atoms with Crippen LogP contribution in [-0.2, 0) is 9.59 Å². The molecule has 1 amide bonds. The molecule has 0 bridgehead atoms. The molecular formula is C9H7BrN2O2. The van der Waals surface area contributed by atoms with Crippen molar-refractivity contribution in [1.82, 2.24) is 4.98 Å². The highest BCUT2D eigenvalue weighted by Crippen LogP contribution is 2.27. The molecule has 1 aliphatic heterocycles. The molecule has 0 aliphatic carbocycles. The number of amides is 1. The Hall–Kier alpha value is -1.23. The van der Waals surface area contributed by atoms with Gasteiger partial charge >= 0.3 is 0 Å². The summed E-state index contributed by atoms with van der Waals surface area (Å²) in [6, 6.07) is 1.74. The number of aromatic nitrogens is 1. The van der Waals surface area contributed by atoms with Gasteiger partial charge in [-0.15, -0.1) is 0 Å². The molecule has 5 heteroatoms. The van der Waals surface area contributed by atoms with E-state index < -0.39 is 0 Å². The number of rotatable bonds is 1. The van der Waals surface area contributed by atoms with E-state index in [4.69, 9.17) is 0 Å². The highest BCUT2D eigenvalue weighted by molar-refractivity contribution is 9.10. The predicted octanol–water partition coefficient (Wildman–Crippen LogP) is 1.15. The van der Waals surface area contributed by atoms with E-state index in [0.29, 0.717) is 5.69 Å². The topological polar surface area (TPSA) is 50.3 Å². The standard InChI is InChI=1S/C9H7BrN2O2/c10-7-1-2-11-4-8(7)12-5-6(13)3-9(12)14/h1-2,4H,3,5H2. The minimum atomic E-state index is -0.163. The van der Waals surface area contributed by atoms with Crippen LogP contribution in [0.3, 0.4) is 0 Å². The van der Waals surface area contributed by atoms with Crippen LogP contribution < -0.4 is 4.90 Å². The number of carbonyl (C=O) groups excluding carboxylic acids is 2. The zero-order chi connectivity index (χ0) is 10.1. The molecule has 14 heavy (non-hydrogen) atoms. The van der Waals surface area contributed by atoms with Crippen LogP contribution in [0.15, 0.2) is 22.9 Å². The first-order chi connectivity index (χ1) is 6.68. The number of nitrogens with zero attached hydrogens (tertiary/aromatic N) is 2. The summed E-state index contributed by atoms with van der Waals surface area (Å²) in [6.07, 6.45) is 3.19. The van der Waals surface area contributed by atoms with Gasteiger partial charge in [0.1, 0.15) is 0 Å². The van der Waals surface area contributed by atoms with Crippen molar-refractivity contribution >= 4 is 33.3 Å². The molecule has 0 radical (unpaired) electrons. The maximum absolute atomic E-state index is 11.4. The van der Waals surface area contributed by atoms with Crippen LogP contribution in [0, 0.1) is 0 Å². The second-order valence-electron chi connectivity index (χ2n) is 3.02. The van der Waals surface area contributed by atoms with Gasteiger partial charge in [0, 0.05) is 10.7 Å². The maximum Gasteiger partial charge on any atom is 0.235 e. The fourth-order valence-corrected chi connectivity index (χ4v) is 1.81. The lowest BCUT2D eigenvalue weighted by molar-refractivity contribution is -0.121. The summed E-state index contributed by atoms with van der Waals surface area (Å²) in [4.78, 5) is 27.8. The van der Waals surface area contributed by atoms with E-state index in [2.05, 4.69) is 20.9 Å². The molecule has 4 nitrogen and oxygen atoms in total. The largest absolute Gasteiger partial charge is 0.302 e. The van der Waals surface area contributed by atoms with Gasteiger partial charge in [0.25, 0.3) is 0 Å². The van der Waals surface area contributed by atoms with Crippen LogP contribution in [-0.4, -0.2) is 23.2 Å². The van der Waals surface area contributed by atoms with Crippen molar-refractivity contribution in [2.45, 2.75) is 6.42 Å². The third kappa shape index (κ3) is 1.55. The normalized spacial score (nSPS) is 16.5. The molecule has 0 atom stereocenters. The van der Waals surface area contributed by atoms with Crippen LogP contribution in [0.5, 0.6) is 0 Å². The highest BCUT2D eigenvalue weighted by Gasteiger charge is 2.29. The smallest absolute Gasteiger partial charge is 0.235 e. The molecule has 0 spiro atoms. The summed E-state index contributed by atoms with van der Waals surface area (Å²) in [5.41, 5.74) is 0.656. The van der Waals surface area contributed by atoms with Gasteiger partial charge in [0.05, 0.1) is 24.8 Å². The fourth-order valence-electron chi connectivity index (χ4n) is 1.37. The van der Waals surface area contributed by atoms with Crippen molar-refractivity contribution in [3.05, 3.63) is 22.9 Å². The Morgan fingerprint density at radius 1 is 1.43 bits per heavy atom. The number of ketones is 1. The van der Waals surface area contributed by atoms with Gasteiger partial charge in [-0.1, -0.05) is 0 Å². The molecule has 0 unspecified atom stereocenters. The Morgan fingerprint density at radius 2 is 2.21 bits per heavy atom. The Morgan fingerprint density at radius 3 is 2.79 bits per heavy atom. The van der Waals surface area contributed by atoms with Crippen molar-refractivity contribution in [3.63, 3.8) is 0 Å². The van der Waals surface area contributed by atoms with Gasteiger partial charge in [-0.2, -0.15) is 0 Å². The molecule has 1 aromatic rings. The Labute approximate surface area is 89.1 Å². The zero-order valence-electron chi connectivity index (χ0n) is 7.24. The predicted molar refractivity (Wildman–Crippen MR) is 53.9 cm³/mol.